The van der Waals surface area contributed by atoms with Crippen LogP contribution in [0.15, 0.2) is 36.4 Å². The van der Waals surface area contributed by atoms with Crippen LogP contribution in [0.4, 0.5) is 17.1 Å². The van der Waals surface area contributed by atoms with Gasteiger partial charge >= 0.3 is 0 Å². The lowest BCUT2D eigenvalue weighted by Crippen LogP contribution is -2.40. The van der Waals surface area contributed by atoms with Crippen molar-refractivity contribution >= 4 is 34.6 Å². The average molecular weight is 416 g/mol. The first-order valence-electron chi connectivity index (χ1n) is 10.00. The molecule has 7 heteroatoms. The zero-order chi connectivity index (χ0) is 20.2. The van der Waals surface area contributed by atoms with Gasteiger partial charge in [0, 0.05) is 25.3 Å². The number of carbonyl (C=O) groups is 1. The number of carbonyl (C=O) groups excluding carboxylic acids is 1. The van der Waals surface area contributed by atoms with E-state index in [4.69, 9.17) is 21.1 Å². The van der Waals surface area contributed by atoms with E-state index < -0.39 is 0 Å². The van der Waals surface area contributed by atoms with Crippen LogP contribution in [0, 0.1) is 0 Å². The lowest BCUT2D eigenvalue weighted by atomic mass is 10.0. The third kappa shape index (κ3) is 4.28. The Labute approximate surface area is 176 Å². The van der Waals surface area contributed by atoms with Crippen LogP contribution in [0.1, 0.15) is 12.0 Å². The van der Waals surface area contributed by atoms with E-state index in [1.54, 1.807) is 7.11 Å². The van der Waals surface area contributed by atoms with Crippen LogP contribution in [0.3, 0.4) is 0 Å². The number of halogens is 1. The Bertz CT molecular complexity index is 884. The van der Waals surface area contributed by atoms with E-state index in [9.17, 15) is 4.79 Å². The molecule has 2 aliphatic rings. The number of rotatable bonds is 5. The second-order valence-electron chi connectivity index (χ2n) is 7.23. The lowest BCUT2D eigenvalue weighted by Gasteiger charge is -2.32. The van der Waals surface area contributed by atoms with Gasteiger partial charge in [0.25, 0.3) is 0 Å². The van der Waals surface area contributed by atoms with Crippen molar-refractivity contribution in [1.82, 2.24) is 0 Å². The van der Waals surface area contributed by atoms with Crippen molar-refractivity contribution in [1.29, 1.82) is 0 Å². The van der Waals surface area contributed by atoms with Crippen LogP contribution in [0.5, 0.6) is 5.75 Å². The van der Waals surface area contributed by atoms with Gasteiger partial charge < -0.3 is 24.6 Å². The minimum absolute atomic E-state index is 0.0454. The SMILES string of the molecule is COc1ccc2c(c1)CCCN2C(=O)CNc1cccc(Cl)c1N1CCOCC1. The van der Waals surface area contributed by atoms with Gasteiger partial charge in [0.1, 0.15) is 5.75 Å². The maximum Gasteiger partial charge on any atom is 0.246 e. The number of hydrogen-bond acceptors (Lipinski definition) is 5. The molecule has 0 aromatic heterocycles. The highest BCUT2D eigenvalue weighted by Crippen LogP contribution is 2.35. The molecule has 0 saturated carbocycles. The Balaban J connectivity index is 1.49. The molecule has 0 unspecified atom stereocenters. The summed E-state index contributed by atoms with van der Waals surface area (Å²) in [6.07, 6.45) is 1.90. The molecule has 1 amide bonds. The van der Waals surface area contributed by atoms with Crippen molar-refractivity contribution in [3.8, 4) is 5.75 Å². The number of nitrogens with zero attached hydrogens (tertiary/aromatic N) is 2. The zero-order valence-corrected chi connectivity index (χ0v) is 17.4. The number of benzene rings is 2. The summed E-state index contributed by atoms with van der Waals surface area (Å²) >= 11 is 6.49. The topological polar surface area (TPSA) is 54.0 Å². The van der Waals surface area contributed by atoms with Gasteiger partial charge in [-0.2, -0.15) is 0 Å². The van der Waals surface area contributed by atoms with Gasteiger partial charge in [-0.1, -0.05) is 17.7 Å². The predicted molar refractivity (Wildman–Crippen MR) is 117 cm³/mol. The summed E-state index contributed by atoms with van der Waals surface area (Å²) in [6, 6.07) is 11.7. The summed E-state index contributed by atoms with van der Waals surface area (Å²) in [4.78, 5) is 17.1. The Morgan fingerprint density at radius 2 is 2.03 bits per heavy atom. The molecule has 154 valence electrons. The number of para-hydroxylation sites is 1. The number of hydrogen-bond donors (Lipinski definition) is 1. The van der Waals surface area contributed by atoms with E-state index in [-0.39, 0.29) is 12.5 Å². The highest BCUT2D eigenvalue weighted by atomic mass is 35.5. The number of amides is 1. The minimum Gasteiger partial charge on any atom is -0.497 e. The molecule has 0 spiro atoms. The standard InChI is InChI=1S/C22H26ClN3O3/c1-28-17-7-8-20-16(14-17)4-3-9-26(20)21(27)15-24-19-6-2-5-18(23)22(19)25-10-12-29-13-11-25/h2,5-8,14,24H,3-4,9-13,15H2,1H3. The van der Waals surface area contributed by atoms with Gasteiger partial charge in [-0.15, -0.1) is 0 Å². The molecule has 2 aromatic rings. The van der Waals surface area contributed by atoms with Gasteiger partial charge in [-0.05, 0) is 48.7 Å². The number of nitrogens with one attached hydrogen (secondary N) is 1. The highest BCUT2D eigenvalue weighted by molar-refractivity contribution is 6.34. The second kappa shape index (κ2) is 8.93. The van der Waals surface area contributed by atoms with Crippen LogP contribution in [0.25, 0.3) is 0 Å². The lowest BCUT2D eigenvalue weighted by molar-refractivity contribution is -0.117. The fraction of sp³-hybridized carbons (Fsp3) is 0.409. The van der Waals surface area contributed by atoms with E-state index in [1.165, 1.54) is 0 Å². The summed E-state index contributed by atoms with van der Waals surface area (Å²) in [5, 5.41) is 4.00. The van der Waals surface area contributed by atoms with Crippen LogP contribution in [0.2, 0.25) is 5.02 Å². The fourth-order valence-corrected chi connectivity index (χ4v) is 4.29. The first-order valence-corrected chi connectivity index (χ1v) is 10.4. The van der Waals surface area contributed by atoms with E-state index in [0.29, 0.717) is 18.2 Å². The third-order valence-electron chi connectivity index (χ3n) is 5.45. The van der Waals surface area contributed by atoms with E-state index in [1.807, 2.05) is 41.3 Å². The van der Waals surface area contributed by atoms with Crippen LogP contribution >= 0.6 is 11.6 Å². The van der Waals surface area contributed by atoms with Gasteiger partial charge in [0.15, 0.2) is 0 Å². The Morgan fingerprint density at radius 3 is 2.83 bits per heavy atom. The molecular weight excluding hydrogens is 390 g/mol. The molecule has 0 aliphatic carbocycles. The number of ether oxygens (including phenoxy) is 2. The first kappa shape index (κ1) is 19.9. The maximum atomic E-state index is 13.0. The van der Waals surface area contributed by atoms with Gasteiger partial charge in [-0.3, -0.25) is 4.79 Å². The van der Waals surface area contributed by atoms with Crippen molar-refractivity contribution in [2.24, 2.45) is 0 Å². The second-order valence-corrected chi connectivity index (χ2v) is 7.64. The first-order chi connectivity index (χ1) is 14.2. The molecule has 1 fully saturated rings. The van der Waals surface area contributed by atoms with Crippen LogP contribution < -0.4 is 19.9 Å². The van der Waals surface area contributed by atoms with Crippen LogP contribution in [-0.2, 0) is 16.0 Å². The van der Waals surface area contributed by atoms with Gasteiger partial charge in [0.05, 0.1) is 43.3 Å². The largest absolute Gasteiger partial charge is 0.497 e. The third-order valence-corrected chi connectivity index (χ3v) is 5.76. The summed E-state index contributed by atoms with van der Waals surface area (Å²) in [6.45, 7) is 3.87. The minimum atomic E-state index is 0.0454. The fourth-order valence-electron chi connectivity index (χ4n) is 3.99. The van der Waals surface area contributed by atoms with E-state index >= 15 is 0 Å². The monoisotopic (exact) mass is 415 g/mol. The van der Waals surface area contributed by atoms with Crippen molar-refractivity contribution in [3.05, 3.63) is 47.0 Å². The molecule has 6 nitrogen and oxygen atoms in total. The molecule has 0 atom stereocenters. The van der Waals surface area contributed by atoms with E-state index in [2.05, 4.69) is 10.2 Å². The number of aryl methyl sites for hydroxylation is 1. The van der Waals surface area contributed by atoms with Crippen molar-refractivity contribution in [2.75, 3.05) is 61.6 Å². The quantitative estimate of drug-likeness (QED) is 0.809. The molecule has 0 bridgehead atoms. The summed E-state index contributed by atoms with van der Waals surface area (Å²) < 4.78 is 10.8. The highest BCUT2D eigenvalue weighted by Gasteiger charge is 2.24. The molecule has 2 aromatic carbocycles. The zero-order valence-electron chi connectivity index (χ0n) is 16.6. The van der Waals surface area contributed by atoms with Gasteiger partial charge in [0.2, 0.25) is 5.91 Å². The van der Waals surface area contributed by atoms with Crippen molar-refractivity contribution in [2.45, 2.75) is 12.8 Å². The Morgan fingerprint density at radius 1 is 1.21 bits per heavy atom. The number of anilines is 3. The summed E-state index contributed by atoms with van der Waals surface area (Å²) in [5.74, 6) is 0.870. The van der Waals surface area contributed by atoms with Gasteiger partial charge in [-0.25, -0.2) is 0 Å². The average Bonchev–Trinajstić information content (AvgIpc) is 2.77. The Kier molecular flexibility index (Phi) is 6.11. The summed E-state index contributed by atoms with van der Waals surface area (Å²) in [7, 11) is 1.66. The summed E-state index contributed by atoms with van der Waals surface area (Å²) in [5.41, 5.74) is 3.94. The smallest absolute Gasteiger partial charge is 0.246 e. The normalized spacial score (nSPS) is 16.3. The molecule has 1 N–H and O–H groups in total. The number of morpholine rings is 1. The van der Waals surface area contributed by atoms with Crippen molar-refractivity contribution in [3.63, 3.8) is 0 Å². The molecule has 29 heavy (non-hydrogen) atoms. The molecule has 1 saturated heterocycles. The Hall–Kier alpha value is -2.44. The number of methoxy groups -OCH3 is 1. The molecular formula is C22H26ClN3O3. The molecule has 4 rings (SSSR count). The number of fused-ring (bicyclic) bond motifs is 1. The predicted octanol–water partition coefficient (Wildman–Crippen LogP) is 3.58. The van der Waals surface area contributed by atoms with E-state index in [0.717, 1.165) is 60.9 Å². The maximum absolute atomic E-state index is 13.0. The van der Waals surface area contributed by atoms with Crippen molar-refractivity contribution < 1.29 is 14.3 Å². The molecule has 2 heterocycles. The molecule has 0 radical (unpaired) electrons. The molecule has 2 aliphatic heterocycles. The van der Waals surface area contributed by atoms with Crippen LogP contribution in [-0.4, -0.2) is 52.4 Å².